The van der Waals surface area contributed by atoms with Crippen molar-refractivity contribution in [1.29, 1.82) is 0 Å². The first-order chi connectivity index (χ1) is 13.2. The highest BCUT2D eigenvalue weighted by Crippen LogP contribution is 2.39. The maximum absolute atomic E-state index is 11.6. The van der Waals surface area contributed by atoms with Crippen molar-refractivity contribution >= 4 is 34.6 Å². The van der Waals surface area contributed by atoms with Gasteiger partial charge in [0.05, 0.1) is 35.0 Å². The van der Waals surface area contributed by atoms with E-state index in [2.05, 4.69) is 15.3 Å². The van der Waals surface area contributed by atoms with E-state index in [-0.39, 0.29) is 33.9 Å². The Morgan fingerprint density at radius 2 is 2.28 bits per heavy atom. The Morgan fingerprint density at radius 3 is 2.96 bits per heavy atom. The molecule has 2 aromatic rings. The van der Waals surface area contributed by atoms with Crippen molar-refractivity contribution in [3.05, 3.63) is 39.7 Å². The molecule has 0 saturated carbocycles. The van der Waals surface area contributed by atoms with Crippen molar-refractivity contribution in [2.75, 3.05) is 43.6 Å². The minimum Gasteiger partial charge on any atom is -0.494 e. The average Bonchev–Trinajstić information content (AvgIpc) is 2.62. The summed E-state index contributed by atoms with van der Waals surface area (Å²) in [5, 5.41) is 14.5. The third-order valence-corrected chi connectivity index (χ3v) is 3.81. The fourth-order valence-corrected chi connectivity index (χ4v) is 2.60. The van der Waals surface area contributed by atoms with Crippen LogP contribution in [-0.2, 0) is 4.74 Å². The molecule has 3 rings (SSSR count). The van der Waals surface area contributed by atoms with E-state index in [0.717, 1.165) is 0 Å². The number of morpholine rings is 1. The van der Waals surface area contributed by atoms with E-state index < -0.39 is 12.0 Å². The monoisotopic (exact) mass is 368 g/mol. The number of methoxy groups -OCH3 is 1. The lowest BCUT2D eigenvalue weighted by molar-refractivity contribution is -0.384. The molecule has 25 heavy (non-hydrogen) atoms. The smallest absolute Gasteiger partial charge is 0.294 e. The topological polar surface area (TPSA) is 103 Å². The van der Waals surface area contributed by atoms with Gasteiger partial charge < -0.3 is 19.7 Å². The van der Waals surface area contributed by atoms with Gasteiger partial charge in [0, 0.05) is 31.4 Å². The van der Waals surface area contributed by atoms with Crippen LogP contribution in [0.5, 0.6) is 5.75 Å². The second-order valence-corrected chi connectivity index (χ2v) is 5.51. The first-order valence-corrected chi connectivity index (χ1v) is 7.70. The van der Waals surface area contributed by atoms with Gasteiger partial charge in [-0.2, -0.15) is 0 Å². The number of nitro groups is 1. The predicted octanol–water partition coefficient (Wildman–Crippen LogP) is 2.63. The molecule has 1 saturated heterocycles. The summed E-state index contributed by atoms with van der Waals surface area (Å²) in [6, 6.07) is 3.97. The summed E-state index contributed by atoms with van der Waals surface area (Å²) in [4.78, 5) is 20.7. The van der Waals surface area contributed by atoms with Crippen molar-refractivity contribution in [2.24, 2.45) is 0 Å². The minimum atomic E-state index is -2.76. The average molecular weight is 369 g/mol. The van der Waals surface area contributed by atoms with E-state index >= 15 is 0 Å². The van der Waals surface area contributed by atoms with Gasteiger partial charge in [0.25, 0.3) is 5.69 Å². The number of hydrogen-bond donors (Lipinski definition) is 1. The molecule has 132 valence electrons. The molecular weight excluding hydrogens is 350 g/mol. The molecule has 1 fully saturated rings. The summed E-state index contributed by atoms with van der Waals surface area (Å²) in [6.07, 6.45) is 1.39. The molecule has 0 bridgehead atoms. The number of nitrogens with zero attached hydrogens (tertiary/aromatic N) is 4. The Bertz CT molecular complexity index is 877. The van der Waals surface area contributed by atoms with Crippen molar-refractivity contribution in [1.82, 2.24) is 9.97 Å². The van der Waals surface area contributed by atoms with Crippen LogP contribution in [-0.4, -0.2) is 48.2 Å². The van der Waals surface area contributed by atoms with E-state index in [1.807, 2.05) is 0 Å². The standard InChI is InChI=1S/C15H16ClN5O4/c1-24-13-9-11(20-4-6-25-7-5-20)12(21(22)23)8-10(13)18-15-17-3-2-14(16)19-15/h2-3,8-9H,4-7H2,1H3,(H,17,18,19)/i1D3. The van der Waals surface area contributed by atoms with Crippen LogP contribution in [0.1, 0.15) is 4.11 Å². The number of anilines is 3. The van der Waals surface area contributed by atoms with Crippen LogP contribution < -0.4 is 15.0 Å². The second-order valence-electron chi connectivity index (χ2n) is 5.12. The molecule has 0 atom stereocenters. The van der Waals surface area contributed by atoms with E-state index in [9.17, 15) is 10.1 Å². The maximum Gasteiger partial charge on any atom is 0.294 e. The fraction of sp³-hybridized carbons (Fsp3) is 0.333. The predicted molar refractivity (Wildman–Crippen MR) is 93.0 cm³/mol. The van der Waals surface area contributed by atoms with Crippen molar-refractivity contribution in [3.63, 3.8) is 0 Å². The van der Waals surface area contributed by atoms with Gasteiger partial charge in [0.2, 0.25) is 5.95 Å². The quantitative estimate of drug-likeness (QED) is 0.488. The summed E-state index contributed by atoms with van der Waals surface area (Å²) in [5.74, 6) is -0.0630. The summed E-state index contributed by atoms with van der Waals surface area (Å²) in [5.41, 5.74) is 0.0523. The third-order valence-electron chi connectivity index (χ3n) is 3.60. The molecule has 0 spiro atoms. The molecular formula is C15H16ClN5O4. The SMILES string of the molecule is [2H]C([2H])([2H])Oc1cc(N2CCOCC2)c([N+](=O)[O-])cc1Nc1nccc(Cl)n1. The lowest BCUT2D eigenvalue weighted by Gasteiger charge is -2.29. The van der Waals surface area contributed by atoms with Crippen LogP contribution in [0.4, 0.5) is 23.0 Å². The Hall–Kier alpha value is -2.65. The fourth-order valence-electron chi connectivity index (χ4n) is 2.46. The highest BCUT2D eigenvalue weighted by atomic mass is 35.5. The lowest BCUT2D eigenvalue weighted by atomic mass is 10.2. The Morgan fingerprint density at radius 1 is 1.48 bits per heavy atom. The van der Waals surface area contributed by atoms with Gasteiger partial charge >= 0.3 is 0 Å². The number of hydrogen-bond acceptors (Lipinski definition) is 8. The number of aromatic nitrogens is 2. The van der Waals surface area contributed by atoms with E-state index in [1.165, 1.54) is 24.4 Å². The Balaban J connectivity index is 2.07. The molecule has 1 aromatic heterocycles. The van der Waals surface area contributed by atoms with Gasteiger partial charge in [-0.25, -0.2) is 9.97 Å². The van der Waals surface area contributed by atoms with Gasteiger partial charge in [-0.1, -0.05) is 11.6 Å². The molecule has 2 heterocycles. The van der Waals surface area contributed by atoms with Crippen LogP contribution in [0, 0.1) is 10.1 Å². The van der Waals surface area contributed by atoms with Crippen LogP contribution >= 0.6 is 11.6 Å². The first kappa shape index (κ1) is 13.6. The number of benzene rings is 1. The molecule has 1 aliphatic heterocycles. The molecule has 0 aliphatic carbocycles. The van der Waals surface area contributed by atoms with Crippen molar-refractivity contribution < 1.29 is 18.5 Å². The number of halogens is 1. The minimum absolute atomic E-state index is 0.0297. The molecule has 0 unspecified atom stereocenters. The van der Waals surface area contributed by atoms with Gasteiger partial charge in [-0.05, 0) is 6.07 Å². The van der Waals surface area contributed by atoms with Gasteiger partial charge in [0.15, 0.2) is 0 Å². The van der Waals surface area contributed by atoms with Crippen LogP contribution in [0.3, 0.4) is 0 Å². The zero-order valence-corrected chi connectivity index (χ0v) is 13.7. The molecule has 10 heteroatoms. The van der Waals surface area contributed by atoms with E-state index in [4.69, 9.17) is 25.2 Å². The number of nitrogens with one attached hydrogen (secondary N) is 1. The highest BCUT2D eigenvalue weighted by Gasteiger charge is 2.25. The van der Waals surface area contributed by atoms with Gasteiger partial charge in [-0.15, -0.1) is 0 Å². The summed E-state index contributed by atoms with van der Waals surface area (Å²) >= 11 is 5.83. The van der Waals surface area contributed by atoms with Crippen molar-refractivity contribution in [2.45, 2.75) is 0 Å². The zero-order valence-electron chi connectivity index (χ0n) is 15.9. The lowest BCUT2D eigenvalue weighted by Crippen LogP contribution is -2.36. The van der Waals surface area contributed by atoms with Crippen LogP contribution in [0.15, 0.2) is 24.4 Å². The normalized spacial score (nSPS) is 16.5. The molecule has 9 nitrogen and oxygen atoms in total. The highest BCUT2D eigenvalue weighted by molar-refractivity contribution is 6.29. The van der Waals surface area contributed by atoms with Crippen molar-refractivity contribution in [3.8, 4) is 5.75 Å². The maximum atomic E-state index is 11.6. The Kier molecular flexibility index (Phi) is 4.08. The Labute approximate surface area is 152 Å². The summed E-state index contributed by atoms with van der Waals surface area (Å²) in [7, 11) is -2.76. The third kappa shape index (κ3) is 3.89. The van der Waals surface area contributed by atoms with Crippen LogP contribution in [0.2, 0.25) is 5.15 Å². The molecule has 1 aromatic carbocycles. The molecule has 1 N–H and O–H groups in total. The second kappa shape index (κ2) is 7.49. The van der Waals surface area contributed by atoms with Crippen LogP contribution in [0.25, 0.3) is 0 Å². The summed E-state index contributed by atoms with van der Waals surface area (Å²) < 4.78 is 32.5. The van der Waals surface area contributed by atoms with Gasteiger partial charge in [-0.3, -0.25) is 10.1 Å². The number of ether oxygens (including phenoxy) is 2. The van der Waals surface area contributed by atoms with Gasteiger partial charge in [0.1, 0.15) is 16.6 Å². The van der Waals surface area contributed by atoms with E-state index in [1.54, 1.807) is 4.90 Å². The first-order valence-electron chi connectivity index (χ1n) is 8.83. The molecule has 1 aliphatic rings. The number of rotatable bonds is 5. The summed E-state index contributed by atoms with van der Waals surface area (Å²) in [6.45, 7) is 1.67. The molecule has 0 amide bonds. The number of nitro benzene ring substituents is 1. The van der Waals surface area contributed by atoms with E-state index in [0.29, 0.717) is 26.3 Å². The molecule has 0 radical (unpaired) electrons. The largest absolute Gasteiger partial charge is 0.494 e. The zero-order chi connectivity index (χ0) is 20.3.